The summed E-state index contributed by atoms with van der Waals surface area (Å²) in [5, 5.41) is 12.6. The van der Waals surface area contributed by atoms with Crippen molar-refractivity contribution in [2.24, 2.45) is 5.41 Å². The predicted molar refractivity (Wildman–Crippen MR) is 87.2 cm³/mol. The molecule has 1 heterocycles. The minimum Gasteiger partial charge on any atom is -0.505 e. The summed E-state index contributed by atoms with van der Waals surface area (Å²) >= 11 is 5.71. The quantitative estimate of drug-likeness (QED) is 0.825. The van der Waals surface area contributed by atoms with Crippen LogP contribution < -0.4 is 5.32 Å². The predicted octanol–water partition coefficient (Wildman–Crippen LogP) is 3.92. The fourth-order valence-corrected chi connectivity index (χ4v) is 1.95. The molecule has 1 amide bonds. The smallest absolute Gasteiger partial charge is 0.407 e. The van der Waals surface area contributed by atoms with Gasteiger partial charge < -0.3 is 15.2 Å². The monoisotopic (exact) mass is 328 g/mol. The number of rotatable bonds is 3. The summed E-state index contributed by atoms with van der Waals surface area (Å²) in [4.78, 5) is 15.9. The van der Waals surface area contributed by atoms with Gasteiger partial charge in [0.05, 0.1) is 0 Å². The second-order valence-corrected chi connectivity index (χ2v) is 7.78. The van der Waals surface area contributed by atoms with Crippen LogP contribution in [0.15, 0.2) is 12.3 Å². The number of alkyl carbamates (subject to hydrolysis) is 1. The van der Waals surface area contributed by atoms with E-state index in [9.17, 15) is 9.90 Å². The number of pyridine rings is 1. The fraction of sp³-hybridized carbons (Fsp3) is 0.625. The van der Waals surface area contributed by atoms with Crippen molar-refractivity contribution in [3.63, 3.8) is 0 Å². The number of nitrogens with zero attached hydrogens (tertiary/aromatic N) is 1. The van der Waals surface area contributed by atoms with E-state index in [1.807, 2.05) is 41.5 Å². The third-order valence-corrected chi connectivity index (χ3v) is 3.34. The van der Waals surface area contributed by atoms with Crippen LogP contribution in [-0.2, 0) is 11.2 Å². The van der Waals surface area contributed by atoms with E-state index in [0.29, 0.717) is 6.42 Å². The molecule has 0 bridgehead atoms. The van der Waals surface area contributed by atoms with Gasteiger partial charge in [0.15, 0.2) is 10.9 Å². The van der Waals surface area contributed by atoms with Crippen molar-refractivity contribution < 1.29 is 14.6 Å². The molecule has 1 rings (SSSR count). The van der Waals surface area contributed by atoms with Crippen LogP contribution in [0, 0.1) is 5.41 Å². The lowest BCUT2D eigenvalue weighted by Crippen LogP contribution is -2.47. The highest BCUT2D eigenvalue weighted by atomic mass is 35.5. The van der Waals surface area contributed by atoms with Crippen molar-refractivity contribution >= 4 is 17.7 Å². The largest absolute Gasteiger partial charge is 0.505 e. The van der Waals surface area contributed by atoms with Gasteiger partial charge in [-0.25, -0.2) is 9.78 Å². The molecule has 1 aromatic heterocycles. The molecule has 0 radical (unpaired) electrons. The first-order valence-corrected chi connectivity index (χ1v) is 7.59. The third-order valence-electron chi connectivity index (χ3n) is 3.05. The maximum absolute atomic E-state index is 12.0. The van der Waals surface area contributed by atoms with E-state index in [1.54, 1.807) is 12.3 Å². The highest BCUT2D eigenvalue weighted by Crippen LogP contribution is 2.26. The number of ether oxygens (including phenoxy) is 1. The van der Waals surface area contributed by atoms with Crippen LogP contribution in [0.4, 0.5) is 4.79 Å². The number of aromatic hydroxyl groups is 1. The highest BCUT2D eigenvalue weighted by molar-refractivity contribution is 6.30. The zero-order valence-corrected chi connectivity index (χ0v) is 14.8. The Bertz CT molecular complexity index is 533. The van der Waals surface area contributed by atoms with Gasteiger partial charge in [-0.1, -0.05) is 32.4 Å². The second kappa shape index (κ2) is 6.73. The molecular weight excluding hydrogens is 304 g/mol. The standard InChI is InChI=1S/C16H25ClN2O3/c1-15(2,3)12(19-14(21)22-16(4,5)6)8-10-7-11(20)13(17)18-9-10/h7,9,12,20H,8H2,1-6H3,(H,19,21)/t12-/m1/s1. The van der Waals surface area contributed by atoms with E-state index in [-0.39, 0.29) is 22.4 Å². The molecule has 0 aliphatic heterocycles. The zero-order valence-electron chi connectivity index (χ0n) is 14.0. The van der Waals surface area contributed by atoms with Crippen molar-refractivity contribution in [2.45, 2.75) is 59.6 Å². The van der Waals surface area contributed by atoms with Crippen LogP contribution >= 0.6 is 11.6 Å². The number of carbonyl (C=O) groups excluding carboxylic acids is 1. The van der Waals surface area contributed by atoms with Gasteiger partial charge in [-0.2, -0.15) is 0 Å². The lowest BCUT2D eigenvalue weighted by molar-refractivity contribution is 0.0464. The first-order chi connectivity index (χ1) is 9.88. The van der Waals surface area contributed by atoms with Crippen LogP contribution in [0.1, 0.15) is 47.1 Å². The second-order valence-electron chi connectivity index (χ2n) is 7.42. The average Bonchev–Trinajstić information content (AvgIpc) is 2.29. The molecule has 0 saturated heterocycles. The molecule has 0 fully saturated rings. The van der Waals surface area contributed by atoms with Crippen molar-refractivity contribution in [3.8, 4) is 5.75 Å². The Morgan fingerprint density at radius 3 is 2.41 bits per heavy atom. The van der Waals surface area contributed by atoms with Crippen LogP contribution in [0.5, 0.6) is 5.75 Å². The molecular formula is C16H25ClN2O3. The number of hydrogen-bond acceptors (Lipinski definition) is 4. The number of amides is 1. The molecule has 5 nitrogen and oxygen atoms in total. The molecule has 6 heteroatoms. The fourth-order valence-electron chi connectivity index (χ4n) is 1.85. The van der Waals surface area contributed by atoms with Gasteiger partial charge >= 0.3 is 6.09 Å². The SMILES string of the molecule is CC(C)(C)OC(=O)N[C@H](Cc1cnc(Cl)c(O)c1)C(C)(C)C. The maximum atomic E-state index is 12.0. The van der Waals surface area contributed by atoms with Crippen molar-refractivity contribution in [3.05, 3.63) is 23.0 Å². The molecule has 0 aromatic carbocycles. The summed E-state index contributed by atoms with van der Waals surface area (Å²) in [5.41, 5.74) is 0.0524. The van der Waals surface area contributed by atoms with Gasteiger partial charge in [0.2, 0.25) is 0 Å². The molecule has 124 valence electrons. The van der Waals surface area contributed by atoms with Crippen molar-refractivity contribution in [2.75, 3.05) is 0 Å². The normalized spacial score (nSPS) is 13.6. The summed E-state index contributed by atoms with van der Waals surface area (Å²) in [7, 11) is 0. The number of aromatic nitrogens is 1. The van der Waals surface area contributed by atoms with E-state index in [1.165, 1.54) is 0 Å². The van der Waals surface area contributed by atoms with E-state index >= 15 is 0 Å². The van der Waals surface area contributed by atoms with E-state index in [0.717, 1.165) is 5.56 Å². The van der Waals surface area contributed by atoms with Crippen molar-refractivity contribution in [1.82, 2.24) is 10.3 Å². The van der Waals surface area contributed by atoms with Gasteiger partial charge in [0, 0.05) is 12.2 Å². The first kappa shape index (κ1) is 18.6. The van der Waals surface area contributed by atoms with Gasteiger partial charge in [-0.05, 0) is 44.2 Å². The highest BCUT2D eigenvalue weighted by Gasteiger charge is 2.28. The van der Waals surface area contributed by atoms with Crippen molar-refractivity contribution in [1.29, 1.82) is 0 Å². The summed E-state index contributed by atoms with van der Waals surface area (Å²) in [6.45, 7) is 11.5. The molecule has 0 aliphatic carbocycles. The molecule has 0 aliphatic rings. The number of carbonyl (C=O) groups is 1. The third kappa shape index (κ3) is 6.10. The van der Waals surface area contributed by atoms with E-state index in [2.05, 4.69) is 10.3 Å². The lowest BCUT2D eigenvalue weighted by Gasteiger charge is -2.32. The molecule has 0 saturated carbocycles. The van der Waals surface area contributed by atoms with Gasteiger partial charge in [0.25, 0.3) is 0 Å². The van der Waals surface area contributed by atoms with Gasteiger partial charge in [0.1, 0.15) is 5.60 Å². The average molecular weight is 329 g/mol. The zero-order chi connectivity index (χ0) is 17.1. The minimum absolute atomic E-state index is 0.0657. The van der Waals surface area contributed by atoms with Crippen LogP contribution in [-0.4, -0.2) is 27.8 Å². The van der Waals surface area contributed by atoms with Crippen LogP contribution in [0.2, 0.25) is 5.15 Å². The summed E-state index contributed by atoms with van der Waals surface area (Å²) < 4.78 is 5.31. The maximum Gasteiger partial charge on any atom is 0.407 e. The number of hydrogen-bond donors (Lipinski definition) is 2. The Kier molecular flexibility index (Phi) is 5.68. The molecule has 1 atom stereocenters. The Labute approximate surface area is 137 Å². The van der Waals surface area contributed by atoms with E-state index < -0.39 is 11.7 Å². The Balaban J connectivity index is 2.86. The van der Waals surface area contributed by atoms with Crippen LogP contribution in [0.3, 0.4) is 0 Å². The topological polar surface area (TPSA) is 71.5 Å². The number of halogens is 1. The van der Waals surface area contributed by atoms with E-state index in [4.69, 9.17) is 16.3 Å². The first-order valence-electron chi connectivity index (χ1n) is 7.21. The molecule has 0 unspecified atom stereocenters. The molecule has 1 aromatic rings. The Morgan fingerprint density at radius 2 is 1.95 bits per heavy atom. The van der Waals surface area contributed by atoms with Crippen LogP contribution in [0.25, 0.3) is 0 Å². The van der Waals surface area contributed by atoms with Gasteiger partial charge in [-0.3, -0.25) is 0 Å². The summed E-state index contributed by atoms with van der Waals surface area (Å²) in [5.74, 6) is -0.0657. The minimum atomic E-state index is -0.549. The number of nitrogens with one attached hydrogen (secondary N) is 1. The molecule has 22 heavy (non-hydrogen) atoms. The summed E-state index contributed by atoms with van der Waals surface area (Å²) in [6.07, 6.45) is 1.65. The Hall–Kier alpha value is -1.49. The van der Waals surface area contributed by atoms with Gasteiger partial charge in [-0.15, -0.1) is 0 Å². The Morgan fingerprint density at radius 1 is 1.36 bits per heavy atom. The molecule has 0 spiro atoms. The molecule has 2 N–H and O–H groups in total. The lowest BCUT2D eigenvalue weighted by atomic mass is 9.83. The summed E-state index contributed by atoms with van der Waals surface area (Å²) in [6, 6.07) is 1.38.